The number of piperidine rings is 1. The second kappa shape index (κ2) is 6.75. The van der Waals surface area contributed by atoms with E-state index in [4.69, 9.17) is 0 Å². The smallest absolute Gasteiger partial charge is 0.223 e. The molecule has 0 spiro atoms. The average Bonchev–Trinajstić information content (AvgIpc) is 2.95. The number of nitrogens with zero attached hydrogens (tertiary/aromatic N) is 2. The number of likely N-dealkylation sites (tertiary alicyclic amines) is 1. The first-order valence-corrected chi connectivity index (χ1v) is 8.79. The van der Waals surface area contributed by atoms with Gasteiger partial charge in [-0.2, -0.15) is 0 Å². The van der Waals surface area contributed by atoms with E-state index in [1.165, 1.54) is 4.70 Å². The molecule has 5 heteroatoms. The van der Waals surface area contributed by atoms with Gasteiger partial charge < -0.3 is 10.0 Å². The lowest BCUT2D eigenvalue weighted by atomic mass is 9.97. The van der Waals surface area contributed by atoms with Gasteiger partial charge in [-0.15, -0.1) is 11.3 Å². The largest absolute Gasteiger partial charge is 0.391 e. The number of rotatable bonds is 4. The third kappa shape index (κ3) is 3.31. The van der Waals surface area contributed by atoms with Crippen LogP contribution in [0.25, 0.3) is 10.2 Å². The number of fused-ring (bicyclic) bond motifs is 1. The Balaban J connectivity index is 1.63. The Morgan fingerprint density at radius 2 is 2.27 bits per heavy atom. The molecule has 22 heavy (non-hydrogen) atoms. The molecular weight excluding hydrogens is 296 g/mol. The summed E-state index contributed by atoms with van der Waals surface area (Å²) in [5.74, 6) is 0.143. The minimum Gasteiger partial charge on any atom is -0.391 e. The Morgan fingerprint density at radius 3 is 3.05 bits per heavy atom. The number of aromatic nitrogens is 1. The van der Waals surface area contributed by atoms with E-state index in [1.54, 1.807) is 18.3 Å². The van der Waals surface area contributed by atoms with Crippen molar-refractivity contribution in [3.05, 3.63) is 29.3 Å². The molecule has 3 rings (SSSR count). The normalized spacial score (nSPS) is 20.3. The quantitative estimate of drug-likeness (QED) is 0.943. The molecule has 2 heterocycles. The van der Waals surface area contributed by atoms with Gasteiger partial charge in [-0.25, -0.2) is 4.98 Å². The lowest BCUT2D eigenvalue weighted by Crippen LogP contribution is -2.48. The molecule has 1 aromatic heterocycles. The van der Waals surface area contributed by atoms with E-state index in [-0.39, 0.29) is 11.9 Å². The zero-order valence-electron chi connectivity index (χ0n) is 12.9. The molecule has 0 bridgehead atoms. The Bertz CT molecular complexity index is 620. The maximum absolute atomic E-state index is 12.5. The highest BCUT2D eigenvalue weighted by Crippen LogP contribution is 2.24. The summed E-state index contributed by atoms with van der Waals surface area (Å²) in [4.78, 5) is 19.0. The summed E-state index contributed by atoms with van der Waals surface area (Å²) in [6, 6.07) is 8.04. The van der Waals surface area contributed by atoms with Crippen LogP contribution in [0.5, 0.6) is 0 Å². The van der Waals surface area contributed by atoms with Crippen LogP contribution < -0.4 is 0 Å². The third-order valence-electron chi connectivity index (χ3n) is 4.32. The van der Waals surface area contributed by atoms with Crippen molar-refractivity contribution >= 4 is 27.5 Å². The number of aryl methyl sites for hydroxylation is 1. The number of hydrogen-bond acceptors (Lipinski definition) is 4. The number of aliphatic hydroxyl groups excluding tert-OH is 1. The van der Waals surface area contributed by atoms with Gasteiger partial charge in [0.05, 0.1) is 27.4 Å². The molecular formula is C17H22N2O2S. The molecule has 1 aromatic carbocycles. The van der Waals surface area contributed by atoms with E-state index >= 15 is 0 Å². The molecule has 2 aromatic rings. The fourth-order valence-corrected chi connectivity index (χ4v) is 4.12. The number of hydrogen-bond donors (Lipinski definition) is 1. The first-order chi connectivity index (χ1) is 10.6. The van der Waals surface area contributed by atoms with Crippen LogP contribution in [-0.2, 0) is 11.2 Å². The molecule has 0 unspecified atom stereocenters. The van der Waals surface area contributed by atoms with Gasteiger partial charge in [-0.05, 0) is 38.3 Å². The first-order valence-electron chi connectivity index (χ1n) is 7.97. The van der Waals surface area contributed by atoms with Gasteiger partial charge >= 0.3 is 0 Å². The minimum absolute atomic E-state index is 0.0170. The van der Waals surface area contributed by atoms with Crippen molar-refractivity contribution in [2.75, 3.05) is 6.54 Å². The van der Waals surface area contributed by atoms with E-state index in [0.717, 1.165) is 36.3 Å². The van der Waals surface area contributed by atoms with Gasteiger partial charge in [0, 0.05) is 19.4 Å². The highest BCUT2D eigenvalue weighted by atomic mass is 32.1. The van der Waals surface area contributed by atoms with Crippen LogP contribution in [0.3, 0.4) is 0 Å². The summed E-state index contributed by atoms with van der Waals surface area (Å²) in [6.07, 6.45) is 3.74. The maximum Gasteiger partial charge on any atom is 0.223 e. The topological polar surface area (TPSA) is 53.4 Å². The number of carbonyl (C=O) groups is 1. The summed E-state index contributed by atoms with van der Waals surface area (Å²) < 4.78 is 1.17. The highest BCUT2D eigenvalue weighted by molar-refractivity contribution is 7.18. The van der Waals surface area contributed by atoms with Crippen LogP contribution >= 0.6 is 11.3 Å². The van der Waals surface area contributed by atoms with Crippen molar-refractivity contribution in [3.8, 4) is 0 Å². The van der Waals surface area contributed by atoms with Crippen molar-refractivity contribution < 1.29 is 9.90 Å². The fourth-order valence-electron chi connectivity index (χ4n) is 3.15. The Labute approximate surface area is 134 Å². The lowest BCUT2D eigenvalue weighted by Gasteiger charge is -2.37. The second-order valence-corrected chi connectivity index (χ2v) is 7.08. The predicted molar refractivity (Wildman–Crippen MR) is 89.0 cm³/mol. The van der Waals surface area contributed by atoms with Crippen LogP contribution in [0.1, 0.15) is 37.6 Å². The number of amides is 1. The highest BCUT2D eigenvalue weighted by Gasteiger charge is 2.29. The number of carbonyl (C=O) groups excluding carboxylic acids is 1. The molecule has 0 radical (unpaired) electrons. The molecule has 1 N–H and O–H groups in total. The van der Waals surface area contributed by atoms with Crippen molar-refractivity contribution in [2.24, 2.45) is 0 Å². The van der Waals surface area contributed by atoms with Crippen LogP contribution in [-0.4, -0.2) is 39.6 Å². The van der Waals surface area contributed by atoms with Crippen LogP contribution in [0.2, 0.25) is 0 Å². The van der Waals surface area contributed by atoms with E-state index in [1.807, 2.05) is 23.1 Å². The van der Waals surface area contributed by atoms with Crippen molar-refractivity contribution in [1.29, 1.82) is 0 Å². The number of aliphatic hydroxyl groups is 1. The van der Waals surface area contributed by atoms with E-state index in [2.05, 4.69) is 11.1 Å². The molecule has 2 atom stereocenters. The average molecular weight is 318 g/mol. The van der Waals surface area contributed by atoms with E-state index in [9.17, 15) is 9.90 Å². The minimum atomic E-state index is -0.452. The molecule has 1 aliphatic heterocycles. The molecule has 1 amide bonds. The summed E-state index contributed by atoms with van der Waals surface area (Å²) in [5, 5.41) is 10.9. The summed E-state index contributed by atoms with van der Waals surface area (Å²) in [5.41, 5.74) is 1.01. The molecule has 1 aliphatic rings. The summed E-state index contributed by atoms with van der Waals surface area (Å²) >= 11 is 1.66. The Hall–Kier alpha value is -1.46. The summed E-state index contributed by atoms with van der Waals surface area (Å²) in [6.45, 7) is 2.55. The van der Waals surface area contributed by atoms with Gasteiger partial charge in [-0.3, -0.25) is 4.79 Å². The zero-order valence-corrected chi connectivity index (χ0v) is 13.7. The van der Waals surface area contributed by atoms with Gasteiger partial charge in [0.2, 0.25) is 5.91 Å². The second-order valence-electron chi connectivity index (χ2n) is 5.97. The van der Waals surface area contributed by atoms with Gasteiger partial charge in [0.15, 0.2) is 0 Å². The van der Waals surface area contributed by atoms with Crippen molar-refractivity contribution in [3.63, 3.8) is 0 Å². The maximum atomic E-state index is 12.5. The molecule has 4 nitrogen and oxygen atoms in total. The monoisotopic (exact) mass is 318 g/mol. The zero-order chi connectivity index (χ0) is 15.5. The van der Waals surface area contributed by atoms with Crippen LogP contribution in [0, 0.1) is 0 Å². The van der Waals surface area contributed by atoms with Crippen LogP contribution in [0.15, 0.2) is 24.3 Å². The van der Waals surface area contributed by atoms with Gasteiger partial charge in [0.1, 0.15) is 0 Å². The number of thiazole rings is 1. The Kier molecular flexibility index (Phi) is 4.74. The molecule has 0 aliphatic carbocycles. The predicted octanol–water partition coefficient (Wildman–Crippen LogP) is 2.99. The number of benzene rings is 1. The Morgan fingerprint density at radius 1 is 1.45 bits per heavy atom. The van der Waals surface area contributed by atoms with E-state index in [0.29, 0.717) is 12.8 Å². The molecule has 118 valence electrons. The number of para-hydroxylation sites is 1. The molecule has 0 saturated carbocycles. The van der Waals surface area contributed by atoms with Crippen LogP contribution in [0.4, 0.5) is 0 Å². The lowest BCUT2D eigenvalue weighted by molar-refractivity contribution is -0.137. The van der Waals surface area contributed by atoms with E-state index < -0.39 is 6.10 Å². The SMILES string of the molecule is C[C@H](O)[C@@H]1CCCCN1C(=O)CCc1nc2ccccc2s1. The molecule has 1 fully saturated rings. The third-order valence-corrected chi connectivity index (χ3v) is 5.41. The molecule has 1 saturated heterocycles. The summed E-state index contributed by atoms with van der Waals surface area (Å²) in [7, 11) is 0. The fraction of sp³-hybridized carbons (Fsp3) is 0.529. The van der Waals surface area contributed by atoms with Crippen molar-refractivity contribution in [1.82, 2.24) is 9.88 Å². The standard InChI is InChI=1S/C17H22N2O2S/c1-12(20)14-7-4-5-11-19(14)17(21)10-9-16-18-13-6-2-3-8-15(13)22-16/h2-3,6,8,12,14,20H,4-5,7,9-11H2,1H3/t12-,14-/m0/s1. The van der Waals surface area contributed by atoms with Crippen molar-refractivity contribution in [2.45, 2.75) is 51.2 Å². The first kappa shape index (κ1) is 15.4. The van der Waals surface area contributed by atoms with Gasteiger partial charge in [0.25, 0.3) is 0 Å². The van der Waals surface area contributed by atoms with Gasteiger partial charge in [-0.1, -0.05) is 12.1 Å².